The average Bonchev–Trinajstić information content (AvgIpc) is 3.10. The lowest BCUT2D eigenvalue weighted by Gasteiger charge is -2.70. The number of imidazole rings is 1. The van der Waals surface area contributed by atoms with E-state index in [4.69, 9.17) is 4.74 Å². The molecule has 1 aromatic heterocycles. The van der Waals surface area contributed by atoms with Crippen LogP contribution in [-0.2, 0) is 19.8 Å². The number of alkyl halides is 3. The molecule has 1 amide bonds. The molecule has 0 spiro atoms. The number of benzene rings is 1. The van der Waals surface area contributed by atoms with Gasteiger partial charge in [-0.05, 0) is 37.5 Å². The summed E-state index contributed by atoms with van der Waals surface area (Å²) < 4.78 is 74.2. The van der Waals surface area contributed by atoms with E-state index in [0.29, 0.717) is 30.5 Å². The number of carbonyl (C=O) groups is 1. The summed E-state index contributed by atoms with van der Waals surface area (Å²) in [6, 6.07) is 3.63. The Bertz CT molecular complexity index is 1030. The van der Waals surface area contributed by atoms with Crippen LogP contribution in [0.4, 0.5) is 22.0 Å². The third-order valence-electron chi connectivity index (χ3n) is 6.55. The molecule has 0 unspecified atom stereocenters. The zero-order valence-corrected chi connectivity index (χ0v) is 16.8. The first-order chi connectivity index (χ1) is 15.0. The average molecular weight is 457 g/mol. The van der Waals surface area contributed by atoms with Crippen molar-refractivity contribution in [3.8, 4) is 11.3 Å². The molecule has 1 aromatic carbocycles. The van der Waals surface area contributed by atoms with Gasteiger partial charge in [-0.2, -0.15) is 0 Å². The Hall–Kier alpha value is -2.53. The number of hydrogen-bond acceptors (Lipinski definition) is 4. The second kappa shape index (κ2) is 7.24. The number of rotatable bonds is 7. The van der Waals surface area contributed by atoms with E-state index in [0.717, 1.165) is 12.1 Å². The van der Waals surface area contributed by atoms with E-state index in [9.17, 15) is 26.7 Å². The first kappa shape index (κ1) is 21.3. The topological polar surface area (TPSA) is 65.4 Å². The van der Waals surface area contributed by atoms with Crippen LogP contribution in [0, 0.1) is 11.6 Å². The van der Waals surface area contributed by atoms with E-state index in [1.54, 1.807) is 12.5 Å². The van der Waals surface area contributed by atoms with Crippen LogP contribution in [0.3, 0.4) is 0 Å². The van der Waals surface area contributed by atoms with E-state index in [-0.39, 0.29) is 36.4 Å². The Morgan fingerprint density at radius 2 is 1.88 bits per heavy atom. The normalized spacial score (nSPS) is 30.8. The molecule has 0 atom stereocenters. The zero-order valence-electron chi connectivity index (χ0n) is 16.8. The van der Waals surface area contributed by atoms with Gasteiger partial charge in [0.05, 0.1) is 29.8 Å². The fourth-order valence-corrected chi connectivity index (χ4v) is 4.99. The van der Waals surface area contributed by atoms with Crippen LogP contribution < -0.4 is 5.32 Å². The minimum atomic E-state index is -4.65. The summed E-state index contributed by atoms with van der Waals surface area (Å²) in [4.78, 5) is 16.5. The van der Waals surface area contributed by atoms with Gasteiger partial charge in [0.25, 0.3) is 0 Å². The van der Waals surface area contributed by atoms with Crippen molar-refractivity contribution in [3.05, 3.63) is 42.4 Å². The van der Waals surface area contributed by atoms with Crippen LogP contribution in [-0.4, -0.2) is 46.2 Å². The lowest BCUT2D eigenvalue weighted by atomic mass is 9.44. The van der Waals surface area contributed by atoms with Gasteiger partial charge in [0.2, 0.25) is 5.91 Å². The maximum Gasteiger partial charge on any atom is 0.522 e. The van der Waals surface area contributed by atoms with Crippen molar-refractivity contribution in [3.63, 3.8) is 0 Å². The molecule has 6 rings (SSSR count). The second-order valence-electron chi connectivity index (χ2n) is 8.97. The van der Waals surface area contributed by atoms with Gasteiger partial charge in [0.15, 0.2) is 11.6 Å². The Labute approximate surface area is 179 Å². The van der Waals surface area contributed by atoms with Crippen molar-refractivity contribution in [2.45, 2.75) is 61.8 Å². The fourth-order valence-electron chi connectivity index (χ4n) is 4.99. The van der Waals surface area contributed by atoms with Gasteiger partial charge in [-0.25, -0.2) is 13.8 Å². The quantitative estimate of drug-likeness (QED) is 0.645. The summed E-state index contributed by atoms with van der Waals surface area (Å²) in [6.45, 7) is -0.205. The lowest BCUT2D eigenvalue weighted by molar-refractivity contribution is -0.357. The molecule has 6 nitrogen and oxygen atoms in total. The van der Waals surface area contributed by atoms with Crippen molar-refractivity contribution >= 4 is 5.91 Å². The fraction of sp³-hybridized carbons (Fsp3) is 0.524. The first-order valence-corrected chi connectivity index (χ1v) is 10.2. The molecule has 1 heterocycles. The molecule has 0 radical (unpaired) electrons. The van der Waals surface area contributed by atoms with Crippen LogP contribution in [0.25, 0.3) is 11.3 Å². The lowest BCUT2D eigenvalue weighted by Crippen LogP contribution is -2.78. The molecule has 11 heteroatoms. The van der Waals surface area contributed by atoms with E-state index in [1.165, 1.54) is 6.07 Å². The summed E-state index contributed by atoms with van der Waals surface area (Å²) in [5.41, 5.74) is 0.546. The molecule has 172 valence electrons. The summed E-state index contributed by atoms with van der Waals surface area (Å²) in [5.74, 6) is -2.15. The van der Waals surface area contributed by atoms with E-state index >= 15 is 0 Å². The summed E-state index contributed by atoms with van der Waals surface area (Å²) in [7, 11) is 0. The monoisotopic (exact) mass is 457 g/mol. The van der Waals surface area contributed by atoms with Crippen LogP contribution >= 0.6 is 0 Å². The smallest absolute Gasteiger partial charge is 0.368 e. The highest BCUT2D eigenvalue weighted by molar-refractivity contribution is 5.79. The van der Waals surface area contributed by atoms with Crippen molar-refractivity contribution in [2.75, 3.05) is 6.61 Å². The first-order valence-electron chi connectivity index (χ1n) is 10.2. The van der Waals surface area contributed by atoms with E-state index in [2.05, 4.69) is 15.0 Å². The number of aromatic nitrogens is 2. The van der Waals surface area contributed by atoms with Crippen LogP contribution in [0.15, 0.2) is 30.7 Å². The molecule has 32 heavy (non-hydrogen) atoms. The number of hydrogen-bond donors (Lipinski definition) is 1. The molecule has 1 N–H and O–H groups in total. The highest BCUT2D eigenvalue weighted by Crippen LogP contribution is 2.65. The number of nitrogens with zero attached hydrogens (tertiary/aromatic N) is 2. The molecule has 4 saturated carbocycles. The number of amides is 1. The Balaban J connectivity index is 1.08. The minimum Gasteiger partial charge on any atom is -0.368 e. The van der Waals surface area contributed by atoms with Crippen LogP contribution in [0.2, 0.25) is 0 Å². The number of carbonyl (C=O) groups excluding carboxylic acids is 1. The molecule has 4 aliphatic rings. The Morgan fingerprint density at radius 1 is 1.16 bits per heavy atom. The highest BCUT2D eigenvalue weighted by atomic mass is 19.4. The Morgan fingerprint density at radius 3 is 2.53 bits per heavy atom. The second-order valence-corrected chi connectivity index (χ2v) is 8.97. The van der Waals surface area contributed by atoms with Gasteiger partial charge in [0, 0.05) is 30.1 Å². The standard InChI is InChI=1S/C21H20F5N3O3/c22-15-2-1-12(3-16(15)23)17-6-29(11-27-17)20-8-19(9-20,10-20)28-18(30)7-31-13-4-14(5-13)32-21(24,25)26/h1-3,6,11,13-14H,4-5,7-10H2,(H,28,30)/t13-,14+,19?,20?. The van der Waals surface area contributed by atoms with E-state index < -0.39 is 30.2 Å². The molecule has 4 aliphatic carbocycles. The van der Waals surface area contributed by atoms with Gasteiger partial charge in [-0.15, -0.1) is 13.2 Å². The molecule has 4 fully saturated rings. The van der Waals surface area contributed by atoms with Gasteiger partial charge in [-0.1, -0.05) is 0 Å². The predicted octanol–water partition coefficient (Wildman–Crippen LogP) is 3.66. The summed E-state index contributed by atoms with van der Waals surface area (Å²) in [5, 5.41) is 2.96. The largest absolute Gasteiger partial charge is 0.522 e. The molecule has 0 saturated heterocycles. The minimum absolute atomic E-state index is 0.113. The van der Waals surface area contributed by atoms with Crippen LogP contribution in [0.1, 0.15) is 32.1 Å². The third kappa shape index (κ3) is 3.88. The molecular weight excluding hydrogens is 437 g/mol. The van der Waals surface area contributed by atoms with Crippen molar-refractivity contribution < 1.29 is 36.2 Å². The SMILES string of the molecule is O=C(CO[C@H]1C[C@@H](OC(F)(F)F)C1)NC12CC(n3cnc(-c4ccc(F)c(F)c4)c3)(C1)C2. The van der Waals surface area contributed by atoms with Gasteiger partial charge < -0.3 is 14.6 Å². The molecular formula is C21H20F5N3O3. The molecule has 2 aromatic rings. The zero-order chi connectivity index (χ0) is 22.7. The predicted molar refractivity (Wildman–Crippen MR) is 100 cm³/mol. The number of nitrogens with one attached hydrogen (secondary N) is 1. The van der Waals surface area contributed by atoms with Crippen molar-refractivity contribution in [1.82, 2.24) is 14.9 Å². The van der Waals surface area contributed by atoms with E-state index in [1.807, 2.05) is 4.57 Å². The molecule has 2 bridgehead atoms. The number of halogens is 5. The van der Waals surface area contributed by atoms with Gasteiger partial charge >= 0.3 is 6.36 Å². The van der Waals surface area contributed by atoms with Crippen molar-refractivity contribution in [2.24, 2.45) is 0 Å². The third-order valence-corrected chi connectivity index (χ3v) is 6.55. The van der Waals surface area contributed by atoms with Gasteiger partial charge in [0.1, 0.15) is 6.61 Å². The van der Waals surface area contributed by atoms with Crippen LogP contribution in [0.5, 0.6) is 0 Å². The maximum absolute atomic E-state index is 13.5. The Kier molecular flexibility index (Phi) is 4.82. The van der Waals surface area contributed by atoms with Crippen molar-refractivity contribution in [1.29, 1.82) is 0 Å². The highest BCUT2D eigenvalue weighted by Gasteiger charge is 2.69. The summed E-state index contributed by atoms with van der Waals surface area (Å²) in [6.07, 6.45) is -0.168. The van der Waals surface area contributed by atoms with Gasteiger partial charge in [-0.3, -0.25) is 9.53 Å². The maximum atomic E-state index is 13.5. The number of ether oxygens (including phenoxy) is 2. The molecule has 0 aliphatic heterocycles. The summed E-state index contributed by atoms with van der Waals surface area (Å²) >= 11 is 0.